The maximum Gasteiger partial charge on any atom is 0.275 e. The monoisotopic (exact) mass is 140 g/mol. The van der Waals surface area contributed by atoms with Crippen LogP contribution in [0.1, 0.15) is 5.69 Å². The average molecular weight is 140 g/mol. The van der Waals surface area contributed by atoms with E-state index in [1.165, 1.54) is 6.07 Å². The molecule has 0 spiro atoms. The first-order valence-electron chi connectivity index (χ1n) is 2.79. The molecule has 1 heterocycles. The van der Waals surface area contributed by atoms with Gasteiger partial charge in [0.25, 0.3) is 5.56 Å². The van der Waals surface area contributed by atoms with Gasteiger partial charge in [-0.25, -0.2) is 0 Å². The highest BCUT2D eigenvalue weighted by atomic mass is 16.3. The molecule has 0 unspecified atom stereocenters. The number of nitrogens with one attached hydrogen (secondary N) is 1. The zero-order chi connectivity index (χ0) is 7.72. The summed E-state index contributed by atoms with van der Waals surface area (Å²) in [6.07, 6.45) is 0. The lowest BCUT2D eigenvalue weighted by Crippen LogP contribution is -2.12. The fourth-order valence-corrected chi connectivity index (χ4v) is 0.682. The van der Waals surface area contributed by atoms with Gasteiger partial charge in [-0.05, 0) is 6.92 Å². The SMILES string of the molecule is Cc1cc(O)c(N)c(=O)[nH]1. The fraction of sp³-hybridized carbons (Fsp3) is 0.167. The van der Waals surface area contributed by atoms with Crippen LogP contribution in [-0.4, -0.2) is 10.1 Å². The lowest BCUT2D eigenvalue weighted by Gasteiger charge is -1.97. The van der Waals surface area contributed by atoms with E-state index < -0.39 is 5.56 Å². The second-order valence-corrected chi connectivity index (χ2v) is 2.08. The van der Waals surface area contributed by atoms with E-state index in [1.54, 1.807) is 6.92 Å². The van der Waals surface area contributed by atoms with Gasteiger partial charge in [0.05, 0.1) is 0 Å². The number of pyridine rings is 1. The Balaban J connectivity index is 3.46. The van der Waals surface area contributed by atoms with Gasteiger partial charge in [-0.1, -0.05) is 0 Å². The summed E-state index contributed by atoms with van der Waals surface area (Å²) in [4.78, 5) is 13.2. The summed E-state index contributed by atoms with van der Waals surface area (Å²) in [5.74, 6) is -0.166. The van der Waals surface area contributed by atoms with E-state index in [9.17, 15) is 4.79 Å². The van der Waals surface area contributed by atoms with E-state index in [0.717, 1.165) is 0 Å². The number of H-pyrrole nitrogens is 1. The highest BCUT2D eigenvalue weighted by molar-refractivity contribution is 5.49. The Morgan fingerprint density at radius 3 is 2.80 bits per heavy atom. The highest BCUT2D eigenvalue weighted by Gasteiger charge is 2.00. The quantitative estimate of drug-likeness (QED) is 0.473. The predicted octanol–water partition coefficient (Wildman–Crippen LogP) is -0.0289. The maximum absolute atomic E-state index is 10.7. The van der Waals surface area contributed by atoms with Crippen molar-refractivity contribution < 1.29 is 5.11 Å². The Labute approximate surface area is 57.3 Å². The van der Waals surface area contributed by atoms with Crippen LogP contribution in [0.2, 0.25) is 0 Å². The number of rotatable bonds is 0. The summed E-state index contributed by atoms with van der Waals surface area (Å²) < 4.78 is 0. The normalized spacial score (nSPS) is 9.70. The van der Waals surface area contributed by atoms with E-state index in [0.29, 0.717) is 5.69 Å². The fourth-order valence-electron chi connectivity index (χ4n) is 0.682. The molecule has 0 fully saturated rings. The van der Waals surface area contributed by atoms with Crippen LogP contribution in [0.3, 0.4) is 0 Å². The maximum atomic E-state index is 10.7. The predicted molar refractivity (Wildman–Crippen MR) is 37.9 cm³/mol. The summed E-state index contributed by atoms with van der Waals surface area (Å²) >= 11 is 0. The van der Waals surface area contributed by atoms with E-state index in [4.69, 9.17) is 10.8 Å². The lowest BCUT2D eigenvalue weighted by atomic mass is 10.3. The summed E-state index contributed by atoms with van der Waals surface area (Å²) in [5.41, 5.74) is 5.17. The minimum absolute atomic E-state index is 0.134. The Kier molecular flexibility index (Phi) is 1.37. The zero-order valence-electron chi connectivity index (χ0n) is 5.51. The Morgan fingerprint density at radius 2 is 2.30 bits per heavy atom. The number of hydrogen-bond acceptors (Lipinski definition) is 3. The number of aryl methyl sites for hydroxylation is 1. The summed E-state index contributed by atoms with van der Waals surface area (Å²) in [5, 5.41) is 8.94. The lowest BCUT2D eigenvalue weighted by molar-refractivity contribution is 0.476. The molecule has 0 saturated heterocycles. The van der Waals surface area contributed by atoms with E-state index in [2.05, 4.69) is 4.98 Å². The van der Waals surface area contributed by atoms with Crippen molar-refractivity contribution in [1.82, 2.24) is 4.98 Å². The van der Waals surface area contributed by atoms with Gasteiger partial charge in [0.15, 0.2) is 0 Å². The summed E-state index contributed by atoms with van der Waals surface area (Å²) in [6.45, 7) is 1.67. The van der Waals surface area contributed by atoms with Crippen molar-refractivity contribution in [2.75, 3.05) is 5.73 Å². The number of nitrogens with two attached hydrogens (primary N) is 1. The van der Waals surface area contributed by atoms with E-state index in [-0.39, 0.29) is 11.4 Å². The average Bonchev–Trinajstić information content (AvgIpc) is 1.82. The molecule has 0 aliphatic carbocycles. The molecule has 0 bridgehead atoms. The van der Waals surface area contributed by atoms with Crippen molar-refractivity contribution in [3.8, 4) is 5.75 Å². The third-order valence-corrected chi connectivity index (χ3v) is 1.18. The van der Waals surface area contributed by atoms with Crippen molar-refractivity contribution in [2.24, 2.45) is 0 Å². The molecule has 0 radical (unpaired) electrons. The number of aromatic amines is 1. The minimum Gasteiger partial charge on any atom is -0.506 e. The smallest absolute Gasteiger partial charge is 0.275 e. The van der Waals surface area contributed by atoms with Crippen molar-refractivity contribution in [1.29, 1.82) is 0 Å². The molecule has 4 N–H and O–H groups in total. The molecule has 54 valence electrons. The summed E-state index contributed by atoms with van der Waals surface area (Å²) in [7, 11) is 0. The number of nitrogen functional groups attached to an aromatic ring is 1. The van der Waals surface area contributed by atoms with Crippen molar-refractivity contribution in [2.45, 2.75) is 6.92 Å². The second-order valence-electron chi connectivity index (χ2n) is 2.08. The van der Waals surface area contributed by atoms with Crippen molar-refractivity contribution in [3.05, 3.63) is 22.1 Å². The van der Waals surface area contributed by atoms with Crippen LogP contribution in [0, 0.1) is 6.92 Å². The molecule has 1 aromatic rings. The van der Waals surface area contributed by atoms with Crippen molar-refractivity contribution in [3.63, 3.8) is 0 Å². The minimum atomic E-state index is -0.447. The van der Waals surface area contributed by atoms with Crippen molar-refractivity contribution >= 4 is 5.69 Å². The molecule has 0 saturated carbocycles. The molecule has 0 aliphatic rings. The van der Waals surface area contributed by atoms with Gasteiger partial charge in [-0.15, -0.1) is 0 Å². The summed E-state index contributed by atoms with van der Waals surface area (Å²) in [6, 6.07) is 1.40. The molecule has 1 aromatic heterocycles. The first-order chi connectivity index (χ1) is 4.61. The zero-order valence-corrected chi connectivity index (χ0v) is 5.51. The molecule has 1 rings (SSSR count). The molecule has 4 nitrogen and oxygen atoms in total. The second kappa shape index (κ2) is 2.06. The number of aromatic nitrogens is 1. The third kappa shape index (κ3) is 0.953. The number of hydrogen-bond donors (Lipinski definition) is 3. The van der Waals surface area contributed by atoms with Gasteiger partial charge in [0.2, 0.25) is 0 Å². The van der Waals surface area contributed by atoms with Gasteiger partial charge >= 0.3 is 0 Å². The van der Waals surface area contributed by atoms with E-state index >= 15 is 0 Å². The van der Waals surface area contributed by atoms with Crippen LogP contribution >= 0.6 is 0 Å². The Hall–Kier alpha value is -1.45. The van der Waals surface area contributed by atoms with Crippen LogP contribution in [-0.2, 0) is 0 Å². The van der Waals surface area contributed by atoms with Crippen LogP contribution in [0.5, 0.6) is 5.75 Å². The molecule has 0 aromatic carbocycles. The molecule has 4 heteroatoms. The molecular formula is C6H8N2O2. The Bertz CT molecular complexity index is 303. The van der Waals surface area contributed by atoms with Crippen LogP contribution in [0.15, 0.2) is 10.9 Å². The molecule has 0 aliphatic heterocycles. The Morgan fingerprint density at radius 1 is 1.70 bits per heavy atom. The highest BCUT2D eigenvalue weighted by Crippen LogP contribution is 2.13. The largest absolute Gasteiger partial charge is 0.506 e. The number of aromatic hydroxyl groups is 1. The first kappa shape index (κ1) is 6.67. The molecule has 0 atom stereocenters. The van der Waals surface area contributed by atoms with Gasteiger partial charge in [0.1, 0.15) is 11.4 Å². The molecule has 10 heavy (non-hydrogen) atoms. The molecular weight excluding hydrogens is 132 g/mol. The van der Waals surface area contributed by atoms with Gasteiger partial charge < -0.3 is 15.8 Å². The first-order valence-corrected chi connectivity index (χ1v) is 2.79. The number of anilines is 1. The topological polar surface area (TPSA) is 79.1 Å². The van der Waals surface area contributed by atoms with Gasteiger partial charge in [-0.2, -0.15) is 0 Å². The standard InChI is InChI=1S/C6H8N2O2/c1-3-2-4(9)5(7)6(10)8-3/h2H,7H2,1H3,(H2,8,9,10). The van der Waals surface area contributed by atoms with Gasteiger partial charge in [-0.3, -0.25) is 4.79 Å². The van der Waals surface area contributed by atoms with Gasteiger partial charge in [0, 0.05) is 11.8 Å². The van der Waals surface area contributed by atoms with E-state index in [1.807, 2.05) is 0 Å². The third-order valence-electron chi connectivity index (χ3n) is 1.18. The van der Waals surface area contributed by atoms with Crippen LogP contribution in [0.4, 0.5) is 5.69 Å². The molecule has 0 amide bonds. The van der Waals surface area contributed by atoms with Crippen LogP contribution in [0.25, 0.3) is 0 Å². The van der Waals surface area contributed by atoms with Crippen LogP contribution < -0.4 is 11.3 Å².